The number of rotatable bonds is 1. The number of quaternary nitrogens is 1. The molecule has 0 spiro atoms. The molecule has 0 saturated carbocycles. The molecule has 0 amide bonds. The molecule has 1 aliphatic heterocycles. The quantitative estimate of drug-likeness (QED) is 0.497. The highest BCUT2D eigenvalue weighted by atomic mass is 16.5. The summed E-state index contributed by atoms with van der Waals surface area (Å²) in [7, 11) is 5.59. The van der Waals surface area contributed by atoms with E-state index in [9.17, 15) is 4.79 Å². The average Bonchev–Trinajstić information content (AvgIpc) is 1.97. The third-order valence-electron chi connectivity index (χ3n) is 2.57. The maximum atomic E-state index is 11.5. The van der Waals surface area contributed by atoms with Gasteiger partial charge in [-0.3, -0.25) is 4.79 Å². The van der Waals surface area contributed by atoms with E-state index in [0.717, 1.165) is 13.0 Å². The van der Waals surface area contributed by atoms with Crippen molar-refractivity contribution < 1.29 is 14.1 Å². The Bertz CT molecular complexity index is 220. The lowest BCUT2D eigenvalue weighted by atomic mass is 9.88. The molecule has 4 nitrogen and oxygen atoms in total. The molecule has 1 atom stereocenters. The zero-order chi connectivity index (χ0) is 11.0. The summed E-state index contributed by atoms with van der Waals surface area (Å²) >= 11 is 0. The summed E-state index contributed by atoms with van der Waals surface area (Å²) in [6, 6.07) is 0. The van der Waals surface area contributed by atoms with Crippen molar-refractivity contribution in [2.75, 3.05) is 27.7 Å². The summed E-state index contributed by atoms with van der Waals surface area (Å²) in [4.78, 5) is 11.5. The Balaban J connectivity index is 2.76. The standard InChI is InChI=1S/C10H21N2O2/c1-10(2)6-8(9(13)14-5)7-12(3,4)11-10/h8,11H,6-7H2,1-5H3/q+1. The molecule has 0 aromatic carbocycles. The second-order valence-corrected chi connectivity index (χ2v) is 5.29. The van der Waals surface area contributed by atoms with Gasteiger partial charge in [-0.2, -0.15) is 5.43 Å². The minimum absolute atomic E-state index is 0.00579. The van der Waals surface area contributed by atoms with Gasteiger partial charge in [0.15, 0.2) is 0 Å². The van der Waals surface area contributed by atoms with Gasteiger partial charge in [-0.05, 0) is 20.3 Å². The van der Waals surface area contributed by atoms with Gasteiger partial charge in [0.05, 0.1) is 26.7 Å². The van der Waals surface area contributed by atoms with Crippen LogP contribution in [0.15, 0.2) is 0 Å². The minimum Gasteiger partial charge on any atom is -0.469 e. The molecule has 0 bridgehead atoms. The zero-order valence-electron chi connectivity index (χ0n) is 9.76. The second kappa shape index (κ2) is 3.51. The number of nitrogens with one attached hydrogen (secondary N) is 1. The largest absolute Gasteiger partial charge is 0.469 e. The minimum atomic E-state index is -0.0919. The third-order valence-corrected chi connectivity index (χ3v) is 2.57. The summed E-state index contributed by atoms with van der Waals surface area (Å²) in [6.45, 7) is 5.01. The lowest BCUT2D eigenvalue weighted by molar-refractivity contribution is -0.947. The van der Waals surface area contributed by atoms with Crippen LogP contribution in [0.25, 0.3) is 0 Å². The highest BCUT2D eigenvalue weighted by Gasteiger charge is 2.42. The van der Waals surface area contributed by atoms with Gasteiger partial charge in [-0.25, -0.2) is 4.59 Å². The molecule has 1 heterocycles. The summed E-state index contributed by atoms with van der Waals surface area (Å²) in [5.41, 5.74) is 3.46. The molecular formula is C10H21N2O2+. The van der Waals surface area contributed by atoms with Crippen molar-refractivity contribution in [3.05, 3.63) is 0 Å². The van der Waals surface area contributed by atoms with Crippen LogP contribution in [0.1, 0.15) is 20.3 Å². The predicted octanol–water partition coefficient (Wildman–Crippen LogP) is 0.539. The van der Waals surface area contributed by atoms with Crippen LogP contribution in [0.2, 0.25) is 0 Å². The summed E-state index contributed by atoms with van der Waals surface area (Å²) in [5.74, 6) is -0.0861. The van der Waals surface area contributed by atoms with Crippen LogP contribution in [0.3, 0.4) is 0 Å². The Labute approximate surface area is 85.8 Å². The Kier molecular flexibility index (Phi) is 2.88. The van der Waals surface area contributed by atoms with Crippen molar-refractivity contribution in [1.29, 1.82) is 0 Å². The Morgan fingerprint density at radius 3 is 2.50 bits per heavy atom. The van der Waals surface area contributed by atoms with Crippen LogP contribution in [0.5, 0.6) is 0 Å². The number of carbonyl (C=O) groups is 1. The first-order valence-corrected chi connectivity index (χ1v) is 4.96. The van der Waals surface area contributed by atoms with E-state index in [1.165, 1.54) is 7.11 Å². The van der Waals surface area contributed by atoms with Gasteiger partial charge in [0.2, 0.25) is 0 Å². The van der Waals surface area contributed by atoms with Gasteiger partial charge in [-0.1, -0.05) is 0 Å². The van der Waals surface area contributed by atoms with E-state index in [4.69, 9.17) is 4.74 Å². The van der Waals surface area contributed by atoms with Crippen molar-refractivity contribution in [3.8, 4) is 0 Å². The summed E-state index contributed by atoms with van der Waals surface area (Å²) in [6.07, 6.45) is 0.835. The SMILES string of the molecule is COC(=O)C1CC(C)(C)N[N+](C)(C)C1. The molecule has 1 unspecified atom stereocenters. The molecule has 0 aromatic heterocycles. The third kappa shape index (κ3) is 2.69. The average molecular weight is 201 g/mol. The Morgan fingerprint density at radius 1 is 1.50 bits per heavy atom. The predicted molar refractivity (Wildman–Crippen MR) is 54.3 cm³/mol. The second-order valence-electron chi connectivity index (χ2n) is 5.29. The first kappa shape index (κ1) is 11.5. The number of carbonyl (C=O) groups excluding carboxylic acids is 1. The van der Waals surface area contributed by atoms with Crippen LogP contribution in [0.4, 0.5) is 0 Å². The number of ether oxygens (including phenoxy) is 1. The van der Waals surface area contributed by atoms with Gasteiger partial charge >= 0.3 is 5.97 Å². The molecule has 1 rings (SSSR count). The molecule has 1 N–H and O–H groups in total. The fraction of sp³-hybridized carbons (Fsp3) is 0.900. The summed E-state index contributed by atoms with van der Waals surface area (Å²) in [5, 5.41) is 0. The van der Waals surface area contributed by atoms with Gasteiger partial charge < -0.3 is 4.74 Å². The maximum absolute atomic E-state index is 11.5. The molecule has 4 heteroatoms. The number of nitrogens with zero attached hydrogens (tertiary/aromatic N) is 1. The molecular weight excluding hydrogens is 180 g/mol. The van der Waals surface area contributed by atoms with Crippen molar-refractivity contribution in [2.24, 2.45) is 5.92 Å². The van der Waals surface area contributed by atoms with E-state index in [0.29, 0.717) is 4.59 Å². The molecule has 0 aliphatic carbocycles. The van der Waals surface area contributed by atoms with E-state index in [1.807, 2.05) is 0 Å². The van der Waals surface area contributed by atoms with E-state index in [1.54, 1.807) is 0 Å². The van der Waals surface area contributed by atoms with E-state index in [-0.39, 0.29) is 17.4 Å². The molecule has 1 aliphatic rings. The molecule has 82 valence electrons. The lowest BCUT2D eigenvalue weighted by Crippen LogP contribution is -2.67. The maximum Gasteiger partial charge on any atom is 0.314 e. The lowest BCUT2D eigenvalue weighted by Gasteiger charge is -2.45. The number of esters is 1. The number of hydrogen-bond acceptors (Lipinski definition) is 3. The van der Waals surface area contributed by atoms with Crippen molar-refractivity contribution >= 4 is 5.97 Å². The Hall–Kier alpha value is -0.610. The van der Waals surface area contributed by atoms with E-state index in [2.05, 4.69) is 33.4 Å². The molecule has 0 radical (unpaired) electrons. The first-order valence-electron chi connectivity index (χ1n) is 4.96. The monoisotopic (exact) mass is 201 g/mol. The van der Waals surface area contributed by atoms with Crippen molar-refractivity contribution in [3.63, 3.8) is 0 Å². The smallest absolute Gasteiger partial charge is 0.314 e. The number of hydrogen-bond donors (Lipinski definition) is 1. The Morgan fingerprint density at radius 2 is 2.07 bits per heavy atom. The van der Waals surface area contributed by atoms with E-state index < -0.39 is 0 Å². The van der Waals surface area contributed by atoms with Crippen LogP contribution < -0.4 is 5.43 Å². The molecule has 1 saturated heterocycles. The van der Waals surface area contributed by atoms with E-state index >= 15 is 0 Å². The fourth-order valence-electron chi connectivity index (χ4n) is 2.47. The van der Waals surface area contributed by atoms with Gasteiger partial charge in [-0.15, -0.1) is 0 Å². The fourth-order valence-corrected chi connectivity index (χ4v) is 2.47. The molecule has 14 heavy (non-hydrogen) atoms. The summed E-state index contributed by atoms with van der Waals surface area (Å²) < 4.78 is 5.46. The van der Waals surface area contributed by atoms with Gasteiger partial charge in [0.1, 0.15) is 12.5 Å². The van der Waals surface area contributed by atoms with Crippen LogP contribution in [-0.2, 0) is 9.53 Å². The highest BCUT2D eigenvalue weighted by molar-refractivity contribution is 5.72. The molecule has 1 fully saturated rings. The van der Waals surface area contributed by atoms with Crippen molar-refractivity contribution in [1.82, 2.24) is 5.43 Å². The first-order chi connectivity index (χ1) is 6.26. The highest BCUT2D eigenvalue weighted by Crippen LogP contribution is 2.26. The van der Waals surface area contributed by atoms with Crippen molar-refractivity contribution in [2.45, 2.75) is 25.8 Å². The zero-order valence-corrected chi connectivity index (χ0v) is 9.76. The van der Waals surface area contributed by atoms with Crippen LogP contribution >= 0.6 is 0 Å². The van der Waals surface area contributed by atoms with Crippen LogP contribution in [-0.4, -0.2) is 43.9 Å². The topological polar surface area (TPSA) is 38.3 Å². The molecule has 0 aromatic rings. The normalized spacial score (nSPS) is 29.6. The van der Waals surface area contributed by atoms with Gasteiger partial charge in [0.25, 0.3) is 0 Å². The number of methoxy groups -OCH3 is 1. The van der Waals surface area contributed by atoms with Crippen LogP contribution in [0, 0.1) is 5.92 Å². The van der Waals surface area contributed by atoms with Gasteiger partial charge in [0, 0.05) is 0 Å².